The van der Waals surface area contributed by atoms with Crippen molar-refractivity contribution in [2.45, 2.75) is 20.8 Å². The molecule has 0 atom stereocenters. The van der Waals surface area contributed by atoms with Gasteiger partial charge in [0.15, 0.2) is 0 Å². The van der Waals surface area contributed by atoms with Crippen LogP contribution in [0.15, 0.2) is 46.4 Å². The zero-order valence-electron chi connectivity index (χ0n) is 18.4. The van der Waals surface area contributed by atoms with Gasteiger partial charge < -0.3 is 14.9 Å². The van der Waals surface area contributed by atoms with E-state index in [2.05, 4.69) is 17.1 Å². The van der Waals surface area contributed by atoms with Crippen molar-refractivity contribution in [2.75, 3.05) is 12.3 Å². The minimum absolute atomic E-state index is 0.113. The molecule has 7 nitrogen and oxygen atoms in total. The quantitative estimate of drug-likeness (QED) is 0.562. The minimum atomic E-state index is -0.370. The van der Waals surface area contributed by atoms with Crippen LogP contribution in [0.25, 0.3) is 28.5 Å². The summed E-state index contributed by atoms with van der Waals surface area (Å²) in [5, 5.41) is 19.2. The number of nitrogens with zero attached hydrogens (tertiary/aromatic N) is 3. The Kier molecular flexibility index (Phi) is 5.56. The molecule has 0 amide bonds. The first kappa shape index (κ1) is 21.6. The van der Waals surface area contributed by atoms with Crippen LogP contribution in [-0.2, 0) is 4.74 Å². The van der Waals surface area contributed by atoms with Crippen LogP contribution in [0.2, 0.25) is 0 Å². The van der Waals surface area contributed by atoms with Gasteiger partial charge in [-0.05, 0) is 67.8 Å². The number of aromatic nitrogens is 1. The Bertz CT molecular complexity index is 1430. The highest BCUT2D eigenvalue weighted by Gasteiger charge is 2.29. The van der Waals surface area contributed by atoms with E-state index in [1.54, 1.807) is 38.1 Å². The fourth-order valence-corrected chi connectivity index (χ4v) is 3.91. The average molecular weight is 436 g/mol. The summed E-state index contributed by atoms with van der Waals surface area (Å²) in [7, 11) is 0. The maximum absolute atomic E-state index is 11.9. The lowest BCUT2D eigenvalue weighted by Crippen LogP contribution is -2.03. The van der Waals surface area contributed by atoms with Gasteiger partial charge >= 0.3 is 5.97 Å². The lowest BCUT2D eigenvalue weighted by atomic mass is 9.96. The van der Waals surface area contributed by atoms with E-state index in [0.717, 1.165) is 16.7 Å². The van der Waals surface area contributed by atoms with E-state index in [1.165, 1.54) is 0 Å². The van der Waals surface area contributed by atoms with Gasteiger partial charge in [0.05, 0.1) is 29.0 Å². The zero-order chi connectivity index (χ0) is 23.7. The summed E-state index contributed by atoms with van der Waals surface area (Å²) in [6.45, 7) is 5.72. The van der Waals surface area contributed by atoms with Gasteiger partial charge in [0.1, 0.15) is 29.5 Å². The molecule has 1 aliphatic rings. The van der Waals surface area contributed by atoms with Crippen molar-refractivity contribution in [1.82, 2.24) is 4.98 Å². The van der Waals surface area contributed by atoms with Gasteiger partial charge in [-0.2, -0.15) is 10.5 Å². The second-order valence-electron chi connectivity index (χ2n) is 7.50. The highest BCUT2D eigenvalue weighted by Crippen LogP contribution is 2.44. The SMILES string of the molecule is CCOC(=O)c1ccc(-c2ccc(C=C3C(C)=C(C#N)c4nc(N)c(C#N)c(C)c43)o2)cc1. The first-order valence-electron chi connectivity index (χ1n) is 10.3. The van der Waals surface area contributed by atoms with Crippen molar-refractivity contribution in [1.29, 1.82) is 10.5 Å². The predicted molar refractivity (Wildman–Crippen MR) is 124 cm³/mol. The number of nitrogens with two attached hydrogens (primary N) is 1. The number of fused-ring (bicyclic) bond motifs is 1. The first-order valence-corrected chi connectivity index (χ1v) is 10.3. The molecule has 0 fully saturated rings. The molecule has 4 rings (SSSR count). The average Bonchev–Trinajstić information content (AvgIpc) is 3.37. The van der Waals surface area contributed by atoms with E-state index in [0.29, 0.717) is 51.6 Å². The number of nitrogen functional groups attached to an aromatic ring is 1. The molecule has 0 bridgehead atoms. The molecule has 0 spiro atoms. The molecule has 0 radical (unpaired) electrons. The van der Waals surface area contributed by atoms with E-state index < -0.39 is 0 Å². The van der Waals surface area contributed by atoms with Crippen molar-refractivity contribution < 1.29 is 13.9 Å². The highest BCUT2D eigenvalue weighted by molar-refractivity contribution is 6.08. The van der Waals surface area contributed by atoms with Gasteiger partial charge in [-0.15, -0.1) is 0 Å². The Balaban J connectivity index is 1.74. The third-order valence-electron chi connectivity index (χ3n) is 5.58. The van der Waals surface area contributed by atoms with Crippen molar-refractivity contribution in [2.24, 2.45) is 0 Å². The van der Waals surface area contributed by atoms with E-state index in [-0.39, 0.29) is 11.8 Å². The number of nitriles is 2. The molecule has 1 aliphatic carbocycles. The molecule has 33 heavy (non-hydrogen) atoms. The zero-order valence-corrected chi connectivity index (χ0v) is 18.4. The van der Waals surface area contributed by atoms with Crippen LogP contribution in [0.5, 0.6) is 0 Å². The maximum atomic E-state index is 11.9. The predicted octanol–water partition coefficient (Wildman–Crippen LogP) is 5.13. The van der Waals surface area contributed by atoms with Crippen molar-refractivity contribution in [3.63, 3.8) is 0 Å². The Hall–Kier alpha value is -4.62. The number of rotatable bonds is 4. The van der Waals surface area contributed by atoms with Gasteiger partial charge in [-0.25, -0.2) is 9.78 Å². The van der Waals surface area contributed by atoms with E-state index in [1.807, 2.05) is 25.1 Å². The fourth-order valence-electron chi connectivity index (χ4n) is 3.91. The maximum Gasteiger partial charge on any atom is 0.338 e. The van der Waals surface area contributed by atoms with Crippen LogP contribution in [0, 0.1) is 29.6 Å². The van der Waals surface area contributed by atoms with Gasteiger partial charge in [-0.3, -0.25) is 0 Å². The number of hydrogen-bond acceptors (Lipinski definition) is 7. The lowest BCUT2D eigenvalue weighted by Gasteiger charge is -2.10. The lowest BCUT2D eigenvalue weighted by molar-refractivity contribution is 0.0526. The van der Waals surface area contributed by atoms with Crippen LogP contribution in [0.3, 0.4) is 0 Å². The number of ether oxygens (including phenoxy) is 1. The number of carbonyl (C=O) groups is 1. The van der Waals surface area contributed by atoms with Gasteiger partial charge in [0.25, 0.3) is 0 Å². The van der Waals surface area contributed by atoms with Crippen molar-refractivity contribution in [3.8, 4) is 23.5 Å². The summed E-state index contributed by atoms with van der Waals surface area (Å²) in [4.78, 5) is 16.2. The Morgan fingerprint density at radius 2 is 1.88 bits per heavy atom. The van der Waals surface area contributed by atoms with E-state index in [9.17, 15) is 15.3 Å². The van der Waals surface area contributed by atoms with Crippen LogP contribution < -0.4 is 5.73 Å². The van der Waals surface area contributed by atoms with Crippen LogP contribution >= 0.6 is 0 Å². The van der Waals surface area contributed by atoms with Crippen molar-refractivity contribution >= 4 is 29.0 Å². The molecule has 162 valence electrons. The smallest absolute Gasteiger partial charge is 0.338 e. The first-order chi connectivity index (χ1) is 15.9. The second-order valence-corrected chi connectivity index (χ2v) is 7.50. The highest BCUT2D eigenvalue weighted by atomic mass is 16.5. The van der Waals surface area contributed by atoms with Crippen LogP contribution in [-0.4, -0.2) is 17.6 Å². The number of furan rings is 1. The monoisotopic (exact) mass is 436 g/mol. The third-order valence-corrected chi connectivity index (χ3v) is 5.58. The number of esters is 1. The summed E-state index contributed by atoms with van der Waals surface area (Å²) >= 11 is 0. The number of hydrogen-bond donors (Lipinski definition) is 1. The topological polar surface area (TPSA) is 126 Å². The van der Waals surface area contributed by atoms with E-state index in [4.69, 9.17) is 14.9 Å². The normalized spacial score (nSPS) is 13.5. The third kappa shape index (κ3) is 3.66. The Labute approximate surface area is 191 Å². The summed E-state index contributed by atoms with van der Waals surface area (Å²) in [5.41, 5.74) is 11.3. The largest absolute Gasteiger partial charge is 0.462 e. The number of allylic oxidation sites excluding steroid dienone is 3. The number of pyridine rings is 1. The standard InChI is InChI=1S/C26H20N4O3/c1-4-32-26(31)17-7-5-16(6-8-17)22-10-9-18(33-22)11-19-14(2)20(12-27)24-23(19)15(3)21(13-28)25(29)30-24/h5-11H,4H2,1-3H3,(H2,29,30). The molecular formula is C26H20N4O3. The molecule has 7 heteroatoms. The number of benzene rings is 1. The summed E-state index contributed by atoms with van der Waals surface area (Å²) in [6.07, 6.45) is 1.83. The summed E-state index contributed by atoms with van der Waals surface area (Å²) in [6, 6.07) is 14.9. The number of carbonyl (C=O) groups excluding carboxylic acids is 1. The minimum Gasteiger partial charge on any atom is -0.462 e. The molecule has 0 saturated carbocycles. The van der Waals surface area contributed by atoms with Crippen molar-refractivity contribution in [3.05, 3.63) is 75.7 Å². The molecule has 2 heterocycles. The second kappa shape index (κ2) is 8.49. The van der Waals surface area contributed by atoms with Gasteiger partial charge in [-0.1, -0.05) is 12.1 Å². The molecule has 0 saturated heterocycles. The van der Waals surface area contributed by atoms with E-state index >= 15 is 0 Å². The Morgan fingerprint density at radius 3 is 2.52 bits per heavy atom. The molecule has 0 aliphatic heterocycles. The summed E-state index contributed by atoms with van der Waals surface area (Å²) < 4.78 is 11.0. The summed E-state index contributed by atoms with van der Waals surface area (Å²) in [5.74, 6) is 0.948. The Morgan fingerprint density at radius 1 is 1.15 bits per heavy atom. The van der Waals surface area contributed by atoms with Gasteiger partial charge in [0, 0.05) is 11.1 Å². The van der Waals surface area contributed by atoms with Crippen LogP contribution in [0.1, 0.15) is 52.3 Å². The van der Waals surface area contributed by atoms with Gasteiger partial charge in [0.2, 0.25) is 0 Å². The molecule has 2 N–H and O–H groups in total. The molecule has 0 unspecified atom stereocenters. The van der Waals surface area contributed by atoms with Crippen LogP contribution in [0.4, 0.5) is 5.82 Å². The fraction of sp³-hybridized carbons (Fsp3) is 0.154. The molecule has 2 aromatic heterocycles. The number of anilines is 1. The molecule has 3 aromatic rings. The molecule has 1 aromatic carbocycles. The molecular weight excluding hydrogens is 416 g/mol.